The van der Waals surface area contributed by atoms with E-state index in [1.807, 2.05) is 24.3 Å². The van der Waals surface area contributed by atoms with Gasteiger partial charge in [-0.3, -0.25) is 14.7 Å². The second kappa shape index (κ2) is 9.32. The molecule has 0 aliphatic carbocycles. The van der Waals surface area contributed by atoms with Crippen molar-refractivity contribution in [1.29, 1.82) is 0 Å². The monoisotopic (exact) mass is 382 g/mol. The molecule has 28 heavy (non-hydrogen) atoms. The van der Waals surface area contributed by atoms with Gasteiger partial charge in [0.05, 0.1) is 19.2 Å². The first-order chi connectivity index (χ1) is 13.6. The van der Waals surface area contributed by atoms with Crippen LogP contribution in [-0.4, -0.2) is 61.1 Å². The standard InChI is InChI=1S/C21H26N4O3/c1-16-14-25(19-7-5-18(6-8-19)21(27)28-2)11-10-24(16)15-20(26)23-13-17-4-3-9-22-12-17/h3-9,12,16H,10-11,13-15H2,1-2H3,(H,23,26). The highest BCUT2D eigenvalue weighted by Gasteiger charge is 2.25. The zero-order chi connectivity index (χ0) is 19.9. The van der Waals surface area contributed by atoms with Crippen LogP contribution in [0, 0.1) is 0 Å². The van der Waals surface area contributed by atoms with Crippen LogP contribution in [0.3, 0.4) is 0 Å². The maximum Gasteiger partial charge on any atom is 0.337 e. The summed E-state index contributed by atoms with van der Waals surface area (Å²) in [4.78, 5) is 32.4. The highest BCUT2D eigenvalue weighted by atomic mass is 16.5. The molecular formula is C21H26N4O3. The highest BCUT2D eigenvalue weighted by molar-refractivity contribution is 5.89. The Morgan fingerprint density at radius 2 is 2.00 bits per heavy atom. The molecule has 0 radical (unpaired) electrons. The van der Waals surface area contributed by atoms with Crippen molar-refractivity contribution in [2.24, 2.45) is 0 Å². The largest absolute Gasteiger partial charge is 0.465 e. The highest BCUT2D eigenvalue weighted by Crippen LogP contribution is 2.20. The molecule has 1 N–H and O–H groups in total. The zero-order valence-corrected chi connectivity index (χ0v) is 16.3. The van der Waals surface area contributed by atoms with Crippen LogP contribution < -0.4 is 10.2 Å². The van der Waals surface area contributed by atoms with Gasteiger partial charge in [-0.2, -0.15) is 0 Å². The summed E-state index contributed by atoms with van der Waals surface area (Å²) in [5.74, 6) is -0.311. The Morgan fingerprint density at radius 1 is 1.21 bits per heavy atom. The molecule has 1 saturated heterocycles. The molecule has 1 amide bonds. The third-order valence-electron chi connectivity index (χ3n) is 4.98. The van der Waals surface area contributed by atoms with Crippen LogP contribution in [0.15, 0.2) is 48.8 Å². The van der Waals surface area contributed by atoms with Gasteiger partial charge in [0.1, 0.15) is 0 Å². The van der Waals surface area contributed by atoms with Crippen molar-refractivity contribution < 1.29 is 14.3 Å². The van der Waals surface area contributed by atoms with E-state index in [4.69, 9.17) is 4.74 Å². The van der Waals surface area contributed by atoms with Crippen molar-refractivity contribution in [3.8, 4) is 0 Å². The number of ether oxygens (including phenoxy) is 1. The van der Waals surface area contributed by atoms with Crippen LogP contribution in [0.4, 0.5) is 5.69 Å². The fourth-order valence-electron chi connectivity index (χ4n) is 3.33. The van der Waals surface area contributed by atoms with Gasteiger partial charge >= 0.3 is 5.97 Å². The summed E-state index contributed by atoms with van der Waals surface area (Å²) in [6.45, 7) is 5.47. The number of benzene rings is 1. The molecule has 7 heteroatoms. The minimum absolute atomic E-state index is 0.0200. The number of carbonyl (C=O) groups excluding carboxylic acids is 2. The van der Waals surface area contributed by atoms with E-state index < -0.39 is 0 Å². The van der Waals surface area contributed by atoms with Crippen LogP contribution in [0.1, 0.15) is 22.8 Å². The molecule has 0 bridgehead atoms. The number of anilines is 1. The number of methoxy groups -OCH3 is 1. The van der Waals surface area contributed by atoms with Crippen LogP contribution in [0.5, 0.6) is 0 Å². The van der Waals surface area contributed by atoms with Gasteiger partial charge in [0.2, 0.25) is 5.91 Å². The van der Waals surface area contributed by atoms with Crippen LogP contribution in [0.25, 0.3) is 0 Å². The Hall–Kier alpha value is -2.93. The number of esters is 1. The summed E-state index contributed by atoms with van der Waals surface area (Å²) in [5.41, 5.74) is 2.60. The lowest BCUT2D eigenvalue weighted by molar-refractivity contribution is -0.123. The molecule has 1 aromatic carbocycles. The van der Waals surface area contributed by atoms with Crippen LogP contribution in [-0.2, 0) is 16.1 Å². The first-order valence-corrected chi connectivity index (χ1v) is 9.40. The fraction of sp³-hybridized carbons (Fsp3) is 0.381. The van der Waals surface area contributed by atoms with E-state index in [-0.39, 0.29) is 17.9 Å². The Labute approximate surface area is 165 Å². The second-order valence-electron chi connectivity index (χ2n) is 6.94. The molecule has 1 aliphatic heterocycles. The van der Waals surface area contributed by atoms with Crippen LogP contribution >= 0.6 is 0 Å². The van der Waals surface area contributed by atoms with E-state index in [1.165, 1.54) is 7.11 Å². The van der Waals surface area contributed by atoms with Gasteiger partial charge in [0, 0.05) is 50.3 Å². The van der Waals surface area contributed by atoms with E-state index in [2.05, 4.69) is 27.0 Å². The SMILES string of the molecule is COC(=O)c1ccc(N2CCN(CC(=O)NCc3cccnc3)C(C)C2)cc1. The molecule has 0 spiro atoms. The molecular weight excluding hydrogens is 356 g/mol. The molecule has 3 rings (SSSR count). The Balaban J connectivity index is 1.49. The predicted octanol–water partition coefficient (Wildman–Crippen LogP) is 1.70. The molecule has 1 unspecified atom stereocenters. The first kappa shape index (κ1) is 19.8. The zero-order valence-electron chi connectivity index (χ0n) is 16.3. The number of pyridine rings is 1. The lowest BCUT2D eigenvalue weighted by Gasteiger charge is -2.40. The van der Waals surface area contributed by atoms with E-state index in [0.717, 1.165) is 30.9 Å². The maximum absolute atomic E-state index is 12.3. The van der Waals surface area contributed by atoms with Crippen LogP contribution in [0.2, 0.25) is 0 Å². The number of aromatic nitrogens is 1. The normalized spacial score (nSPS) is 17.2. The van der Waals surface area contributed by atoms with E-state index in [9.17, 15) is 9.59 Å². The molecule has 0 saturated carbocycles. The third-order valence-corrected chi connectivity index (χ3v) is 4.98. The average Bonchev–Trinajstić information content (AvgIpc) is 2.74. The summed E-state index contributed by atoms with van der Waals surface area (Å²) in [6, 6.07) is 11.5. The van der Waals surface area contributed by atoms with Crippen molar-refractivity contribution in [1.82, 2.24) is 15.2 Å². The maximum atomic E-state index is 12.3. The summed E-state index contributed by atoms with van der Waals surface area (Å²) in [5, 5.41) is 2.95. The summed E-state index contributed by atoms with van der Waals surface area (Å²) >= 11 is 0. The summed E-state index contributed by atoms with van der Waals surface area (Å²) < 4.78 is 4.74. The van der Waals surface area contributed by atoms with Crippen molar-refractivity contribution >= 4 is 17.6 Å². The molecule has 7 nitrogen and oxygen atoms in total. The smallest absolute Gasteiger partial charge is 0.337 e. The molecule has 148 valence electrons. The third kappa shape index (κ3) is 5.07. The average molecular weight is 382 g/mol. The minimum Gasteiger partial charge on any atom is -0.465 e. The van der Waals surface area contributed by atoms with E-state index in [1.54, 1.807) is 24.5 Å². The molecule has 2 aromatic rings. The number of piperazine rings is 1. The van der Waals surface area contributed by atoms with Crippen molar-refractivity contribution in [3.05, 3.63) is 59.9 Å². The quantitative estimate of drug-likeness (QED) is 0.767. The molecule has 1 fully saturated rings. The molecule has 1 aliphatic rings. The molecule has 2 heterocycles. The topological polar surface area (TPSA) is 74.8 Å². The number of rotatable bonds is 6. The van der Waals surface area contributed by atoms with Gasteiger partial charge in [-0.15, -0.1) is 0 Å². The Bertz CT molecular complexity index is 795. The van der Waals surface area contributed by atoms with Crippen molar-refractivity contribution in [2.75, 3.05) is 38.2 Å². The second-order valence-corrected chi connectivity index (χ2v) is 6.94. The minimum atomic E-state index is -0.331. The Kier molecular flexibility index (Phi) is 6.60. The summed E-state index contributed by atoms with van der Waals surface area (Å²) in [6.07, 6.45) is 3.47. The van der Waals surface area contributed by atoms with E-state index >= 15 is 0 Å². The lowest BCUT2D eigenvalue weighted by atomic mass is 10.1. The Morgan fingerprint density at radius 3 is 2.64 bits per heavy atom. The number of hydrogen-bond acceptors (Lipinski definition) is 6. The van der Waals surface area contributed by atoms with E-state index in [0.29, 0.717) is 18.7 Å². The van der Waals surface area contributed by atoms with Gasteiger partial charge in [-0.05, 0) is 42.8 Å². The summed E-state index contributed by atoms with van der Waals surface area (Å²) in [7, 11) is 1.38. The van der Waals surface area contributed by atoms with Crippen molar-refractivity contribution in [3.63, 3.8) is 0 Å². The van der Waals surface area contributed by atoms with Crippen molar-refractivity contribution in [2.45, 2.75) is 19.5 Å². The van der Waals surface area contributed by atoms with Gasteiger partial charge in [-0.1, -0.05) is 6.07 Å². The van der Waals surface area contributed by atoms with Gasteiger partial charge in [0.25, 0.3) is 0 Å². The van der Waals surface area contributed by atoms with Gasteiger partial charge < -0.3 is 15.0 Å². The number of amides is 1. The number of carbonyl (C=O) groups is 2. The van der Waals surface area contributed by atoms with Gasteiger partial charge in [0.15, 0.2) is 0 Å². The fourth-order valence-corrected chi connectivity index (χ4v) is 3.33. The molecule has 1 aromatic heterocycles. The predicted molar refractivity (Wildman–Crippen MR) is 107 cm³/mol. The van der Waals surface area contributed by atoms with Gasteiger partial charge in [-0.25, -0.2) is 4.79 Å². The molecule has 1 atom stereocenters. The number of nitrogens with zero attached hydrogens (tertiary/aromatic N) is 3. The lowest BCUT2D eigenvalue weighted by Crippen LogP contribution is -2.54. The first-order valence-electron chi connectivity index (χ1n) is 9.40. The number of hydrogen-bond donors (Lipinski definition) is 1. The number of nitrogens with one attached hydrogen (secondary N) is 1.